The summed E-state index contributed by atoms with van der Waals surface area (Å²) in [6.45, 7) is 0.411. The maximum absolute atomic E-state index is 12.4. The van der Waals surface area contributed by atoms with Gasteiger partial charge in [-0.1, -0.05) is 15.9 Å². The van der Waals surface area contributed by atoms with Gasteiger partial charge in [-0.2, -0.15) is 0 Å². The Labute approximate surface area is 128 Å². The van der Waals surface area contributed by atoms with Crippen molar-refractivity contribution in [3.63, 3.8) is 0 Å². The average Bonchev–Trinajstić information content (AvgIpc) is 2.30. The van der Waals surface area contributed by atoms with Crippen LogP contribution in [0.5, 0.6) is 0 Å². The van der Waals surface area contributed by atoms with Crippen molar-refractivity contribution < 1.29 is 8.42 Å². The van der Waals surface area contributed by atoms with E-state index in [0.29, 0.717) is 11.0 Å². The van der Waals surface area contributed by atoms with E-state index in [9.17, 15) is 8.42 Å². The zero-order valence-corrected chi connectivity index (χ0v) is 14.1. The van der Waals surface area contributed by atoms with Crippen LogP contribution < -0.4 is 10.5 Å². The van der Waals surface area contributed by atoms with Crippen molar-refractivity contribution in [1.29, 1.82) is 0 Å². The summed E-state index contributed by atoms with van der Waals surface area (Å²) in [7, 11) is 0.386. The third-order valence-corrected chi connectivity index (χ3v) is 6.04. The maximum atomic E-state index is 12.4. The number of benzene rings is 1. The number of halogens is 1. The van der Waals surface area contributed by atoms with Crippen LogP contribution in [-0.2, 0) is 10.0 Å². The number of likely N-dealkylation sites (N-methyl/N-ethyl adjacent to an activating group) is 1. The van der Waals surface area contributed by atoms with Gasteiger partial charge >= 0.3 is 0 Å². The lowest BCUT2D eigenvalue weighted by atomic mass is 9.76. The molecule has 1 aromatic rings. The van der Waals surface area contributed by atoms with E-state index in [0.717, 1.165) is 19.3 Å². The summed E-state index contributed by atoms with van der Waals surface area (Å²) < 4.78 is 28.2. The van der Waals surface area contributed by atoms with Gasteiger partial charge in [-0.3, -0.25) is 0 Å². The van der Waals surface area contributed by atoms with Gasteiger partial charge in [0.1, 0.15) is 4.90 Å². The van der Waals surface area contributed by atoms with E-state index in [-0.39, 0.29) is 16.1 Å². The fraction of sp³-hybridized carbons (Fsp3) is 0.538. The zero-order chi connectivity index (χ0) is 15.0. The van der Waals surface area contributed by atoms with Crippen molar-refractivity contribution in [2.75, 3.05) is 26.4 Å². The number of hydrogen-bond acceptors (Lipinski definition) is 4. The van der Waals surface area contributed by atoms with E-state index in [2.05, 4.69) is 25.6 Å². The van der Waals surface area contributed by atoms with Crippen LogP contribution in [0.15, 0.2) is 27.6 Å². The Bertz CT molecular complexity index is 598. The van der Waals surface area contributed by atoms with E-state index in [1.807, 2.05) is 14.1 Å². The maximum Gasteiger partial charge on any atom is 0.242 e. The average molecular weight is 362 g/mol. The molecule has 0 heterocycles. The van der Waals surface area contributed by atoms with Gasteiger partial charge in [-0.15, -0.1) is 0 Å². The molecular weight excluding hydrogens is 342 g/mol. The molecule has 1 aliphatic rings. The third kappa shape index (κ3) is 3.00. The molecule has 1 fully saturated rings. The monoisotopic (exact) mass is 361 g/mol. The molecule has 7 heteroatoms. The van der Waals surface area contributed by atoms with Crippen LogP contribution in [0.25, 0.3) is 0 Å². The molecule has 3 N–H and O–H groups in total. The highest BCUT2D eigenvalue weighted by atomic mass is 79.9. The second kappa shape index (κ2) is 5.63. The Balaban J connectivity index is 2.17. The van der Waals surface area contributed by atoms with Crippen LogP contribution in [0.1, 0.15) is 19.3 Å². The molecule has 1 aliphatic carbocycles. The topological polar surface area (TPSA) is 75.4 Å². The summed E-state index contributed by atoms with van der Waals surface area (Å²) in [6.07, 6.45) is 3.16. The van der Waals surface area contributed by atoms with E-state index >= 15 is 0 Å². The lowest BCUT2D eigenvalue weighted by molar-refractivity contribution is 0.0657. The minimum Gasteiger partial charge on any atom is -0.398 e. The molecule has 0 bridgehead atoms. The van der Waals surface area contributed by atoms with E-state index < -0.39 is 10.0 Å². The van der Waals surface area contributed by atoms with E-state index in [1.165, 1.54) is 6.07 Å². The zero-order valence-electron chi connectivity index (χ0n) is 11.7. The van der Waals surface area contributed by atoms with Crippen LogP contribution in [-0.4, -0.2) is 39.5 Å². The molecule has 0 saturated heterocycles. The van der Waals surface area contributed by atoms with Crippen molar-refractivity contribution >= 4 is 31.6 Å². The molecule has 0 unspecified atom stereocenters. The Hall–Kier alpha value is -0.630. The lowest BCUT2D eigenvalue weighted by Gasteiger charge is -2.47. The summed E-state index contributed by atoms with van der Waals surface area (Å²) in [6, 6.07) is 4.84. The van der Waals surface area contributed by atoms with Crippen LogP contribution in [0, 0.1) is 0 Å². The normalized spacial score (nSPS) is 18.0. The molecule has 1 saturated carbocycles. The number of nitrogens with zero attached hydrogens (tertiary/aromatic N) is 1. The van der Waals surface area contributed by atoms with Gasteiger partial charge in [-0.05, 0) is 51.6 Å². The number of nitrogens with one attached hydrogen (secondary N) is 1. The van der Waals surface area contributed by atoms with Gasteiger partial charge in [0.2, 0.25) is 10.0 Å². The number of nitrogens with two attached hydrogens (primary N) is 1. The molecule has 0 aliphatic heterocycles. The number of hydrogen-bond donors (Lipinski definition) is 2. The van der Waals surface area contributed by atoms with Gasteiger partial charge in [0.15, 0.2) is 0 Å². The van der Waals surface area contributed by atoms with Gasteiger partial charge in [0, 0.05) is 16.6 Å². The minimum absolute atomic E-state index is 0.0617. The van der Waals surface area contributed by atoms with Crippen molar-refractivity contribution in [1.82, 2.24) is 9.62 Å². The third-order valence-electron chi connectivity index (χ3n) is 4.09. The first-order valence-corrected chi connectivity index (χ1v) is 8.77. The second-order valence-corrected chi connectivity index (χ2v) is 8.13. The van der Waals surface area contributed by atoms with Crippen molar-refractivity contribution in [3.8, 4) is 0 Å². The number of anilines is 1. The minimum atomic E-state index is -3.59. The highest BCUT2D eigenvalue weighted by Crippen LogP contribution is 2.36. The molecule has 0 amide bonds. The van der Waals surface area contributed by atoms with Gasteiger partial charge < -0.3 is 10.6 Å². The highest BCUT2D eigenvalue weighted by Gasteiger charge is 2.40. The highest BCUT2D eigenvalue weighted by molar-refractivity contribution is 9.10. The Morgan fingerprint density at radius 2 is 2.05 bits per heavy atom. The SMILES string of the molecule is CN(C)C1(CNS(=O)(=O)c2cc(Br)ccc2N)CCC1. The molecular formula is C13H20BrN3O2S. The smallest absolute Gasteiger partial charge is 0.242 e. The molecule has 0 atom stereocenters. The molecule has 112 valence electrons. The first-order chi connectivity index (χ1) is 9.27. The molecule has 0 aromatic heterocycles. The summed E-state index contributed by atoms with van der Waals surface area (Å²) in [5.74, 6) is 0. The first-order valence-electron chi connectivity index (χ1n) is 6.49. The summed E-state index contributed by atoms with van der Waals surface area (Å²) in [5, 5.41) is 0. The Morgan fingerprint density at radius 1 is 1.40 bits per heavy atom. The van der Waals surface area contributed by atoms with Crippen molar-refractivity contribution in [2.24, 2.45) is 0 Å². The predicted molar refractivity (Wildman–Crippen MR) is 84.0 cm³/mol. The second-order valence-electron chi connectivity index (χ2n) is 5.48. The predicted octanol–water partition coefficient (Wildman–Crippen LogP) is 1.79. The Morgan fingerprint density at radius 3 is 2.55 bits per heavy atom. The molecule has 2 rings (SSSR count). The molecule has 0 radical (unpaired) electrons. The fourth-order valence-electron chi connectivity index (χ4n) is 2.42. The number of sulfonamides is 1. The van der Waals surface area contributed by atoms with E-state index in [1.54, 1.807) is 12.1 Å². The van der Waals surface area contributed by atoms with Gasteiger partial charge in [0.05, 0.1) is 5.69 Å². The van der Waals surface area contributed by atoms with Gasteiger partial charge in [0.25, 0.3) is 0 Å². The van der Waals surface area contributed by atoms with Crippen LogP contribution in [0.3, 0.4) is 0 Å². The number of rotatable bonds is 5. The van der Waals surface area contributed by atoms with E-state index in [4.69, 9.17) is 5.73 Å². The van der Waals surface area contributed by atoms with Crippen molar-refractivity contribution in [3.05, 3.63) is 22.7 Å². The number of nitrogen functional groups attached to an aromatic ring is 1. The largest absolute Gasteiger partial charge is 0.398 e. The molecule has 0 spiro atoms. The lowest BCUT2D eigenvalue weighted by Crippen LogP contribution is -2.57. The Kier molecular flexibility index (Phi) is 4.44. The molecule has 5 nitrogen and oxygen atoms in total. The van der Waals surface area contributed by atoms with Crippen molar-refractivity contribution in [2.45, 2.75) is 29.7 Å². The van der Waals surface area contributed by atoms with Crippen LogP contribution in [0.2, 0.25) is 0 Å². The summed E-state index contributed by atoms with van der Waals surface area (Å²) in [5.41, 5.74) is 5.97. The first kappa shape index (κ1) is 15.8. The quantitative estimate of drug-likeness (QED) is 0.784. The summed E-state index contributed by atoms with van der Waals surface area (Å²) >= 11 is 3.27. The fourth-order valence-corrected chi connectivity index (χ4v) is 4.20. The van der Waals surface area contributed by atoms with Crippen LogP contribution >= 0.6 is 15.9 Å². The summed E-state index contributed by atoms with van der Waals surface area (Å²) in [4.78, 5) is 2.23. The molecule has 20 heavy (non-hydrogen) atoms. The standard InChI is InChI=1S/C13H20BrN3O2S/c1-17(2)13(6-3-7-13)9-16-20(18,19)12-8-10(14)4-5-11(12)15/h4-5,8,16H,3,6-7,9,15H2,1-2H3. The van der Waals surface area contributed by atoms with Crippen LogP contribution in [0.4, 0.5) is 5.69 Å². The van der Waals surface area contributed by atoms with Gasteiger partial charge in [-0.25, -0.2) is 13.1 Å². The molecule has 1 aromatic carbocycles.